The molecule has 0 saturated heterocycles. The third-order valence-corrected chi connectivity index (χ3v) is 3.05. The highest BCUT2D eigenvalue weighted by atomic mass is 19.1. The molecule has 1 N–H and O–H groups in total. The smallest absolute Gasteiger partial charge is 0.251 e. The summed E-state index contributed by atoms with van der Waals surface area (Å²) in [6, 6.07) is 12.9. The summed E-state index contributed by atoms with van der Waals surface area (Å²) in [6.07, 6.45) is 0. The molecule has 0 fully saturated rings. The summed E-state index contributed by atoms with van der Waals surface area (Å²) in [5.74, 6) is 0.0416. The number of hydrogen-bond acceptors (Lipinski definition) is 2. The van der Waals surface area contributed by atoms with Crippen molar-refractivity contribution in [3.8, 4) is 5.75 Å². The van der Waals surface area contributed by atoms with Gasteiger partial charge in [0.05, 0.1) is 13.2 Å². The molecule has 0 aliphatic heterocycles. The van der Waals surface area contributed by atoms with Gasteiger partial charge in [-0.25, -0.2) is 4.39 Å². The van der Waals surface area contributed by atoms with Crippen LogP contribution in [0.3, 0.4) is 0 Å². The van der Waals surface area contributed by atoms with Crippen LogP contribution in [0, 0.1) is 5.82 Å². The SMILES string of the molecule is COc1ccc([C@@H](C)NC(=O)c2cccc(F)c2)cc1. The minimum atomic E-state index is -0.422. The Morgan fingerprint density at radius 1 is 1.20 bits per heavy atom. The molecule has 4 heteroatoms. The maximum atomic E-state index is 13.1. The molecule has 1 atom stereocenters. The first-order valence-corrected chi connectivity index (χ1v) is 6.30. The van der Waals surface area contributed by atoms with Crippen LogP contribution in [0.2, 0.25) is 0 Å². The first-order chi connectivity index (χ1) is 9.60. The number of nitrogens with one attached hydrogen (secondary N) is 1. The molecule has 0 aliphatic rings. The van der Waals surface area contributed by atoms with Crippen LogP contribution in [0.4, 0.5) is 4.39 Å². The predicted octanol–water partition coefficient (Wildman–Crippen LogP) is 3.33. The Kier molecular flexibility index (Phi) is 4.35. The van der Waals surface area contributed by atoms with E-state index in [9.17, 15) is 9.18 Å². The van der Waals surface area contributed by atoms with Crippen molar-refractivity contribution in [1.82, 2.24) is 5.32 Å². The number of halogens is 1. The van der Waals surface area contributed by atoms with Crippen LogP contribution >= 0.6 is 0 Å². The second-order valence-corrected chi connectivity index (χ2v) is 4.48. The first-order valence-electron chi connectivity index (χ1n) is 6.30. The highest BCUT2D eigenvalue weighted by Crippen LogP contribution is 2.17. The van der Waals surface area contributed by atoms with Gasteiger partial charge in [-0.15, -0.1) is 0 Å². The van der Waals surface area contributed by atoms with E-state index in [1.54, 1.807) is 13.2 Å². The van der Waals surface area contributed by atoms with Gasteiger partial charge in [0.1, 0.15) is 11.6 Å². The third-order valence-electron chi connectivity index (χ3n) is 3.05. The summed E-state index contributed by atoms with van der Waals surface area (Å²) in [6.45, 7) is 1.87. The van der Waals surface area contributed by atoms with Crippen molar-refractivity contribution in [3.63, 3.8) is 0 Å². The Hall–Kier alpha value is -2.36. The van der Waals surface area contributed by atoms with Crippen molar-refractivity contribution < 1.29 is 13.9 Å². The lowest BCUT2D eigenvalue weighted by atomic mass is 10.1. The predicted molar refractivity (Wildman–Crippen MR) is 75.3 cm³/mol. The number of ether oxygens (including phenoxy) is 1. The van der Waals surface area contributed by atoms with E-state index < -0.39 is 5.82 Å². The first kappa shape index (κ1) is 14.1. The molecular formula is C16H16FNO2. The van der Waals surface area contributed by atoms with Crippen molar-refractivity contribution >= 4 is 5.91 Å². The number of methoxy groups -OCH3 is 1. The summed E-state index contributed by atoms with van der Waals surface area (Å²) in [5.41, 5.74) is 1.26. The molecule has 0 unspecified atom stereocenters. The van der Waals surface area contributed by atoms with Crippen molar-refractivity contribution in [1.29, 1.82) is 0 Å². The lowest BCUT2D eigenvalue weighted by Gasteiger charge is -2.14. The molecule has 0 radical (unpaired) electrons. The van der Waals surface area contributed by atoms with Crippen molar-refractivity contribution in [3.05, 3.63) is 65.5 Å². The molecule has 2 aromatic rings. The summed E-state index contributed by atoms with van der Waals surface area (Å²) < 4.78 is 18.2. The second kappa shape index (κ2) is 6.19. The average molecular weight is 273 g/mol. The Labute approximate surface area is 117 Å². The molecule has 20 heavy (non-hydrogen) atoms. The highest BCUT2D eigenvalue weighted by molar-refractivity contribution is 5.94. The zero-order chi connectivity index (χ0) is 14.5. The zero-order valence-electron chi connectivity index (χ0n) is 11.4. The number of rotatable bonds is 4. The minimum absolute atomic E-state index is 0.170. The molecule has 2 aromatic carbocycles. The van der Waals surface area contributed by atoms with E-state index in [4.69, 9.17) is 4.74 Å². The van der Waals surface area contributed by atoms with E-state index in [2.05, 4.69) is 5.32 Å². The topological polar surface area (TPSA) is 38.3 Å². The number of hydrogen-bond donors (Lipinski definition) is 1. The van der Waals surface area contributed by atoms with Gasteiger partial charge in [0.2, 0.25) is 0 Å². The van der Waals surface area contributed by atoms with Crippen LogP contribution in [0.25, 0.3) is 0 Å². The van der Waals surface area contributed by atoms with Crippen LogP contribution in [0.15, 0.2) is 48.5 Å². The van der Waals surface area contributed by atoms with E-state index >= 15 is 0 Å². The van der Waals surface area contributed by atoms with Crippen LogP contribution in [-0.4, -0.2) is 13.0 Å². The lowest BCUT2D eigenvalue weighted by Crippen LogP contribution is -2.26. The Morgan fingerprint density at radius 3 is 2.50 bits per heavy atom. The van der Waals surface area contributed by atoms with E-state index in [1.807, 2.05) is 31.2 Å². The van der Waals surface area contributed by atoms with Crippen molar-refractivity contribution in [2.75, 3.05) is 7.11 Å². The summed E-state index contributed by atoms with van der Waals surface area (Å²) in [5, 5.41) is 2.83. The molecule has 0 spiro atoms. The van der Waals surface area contributed by atoms with Gasteiger partial charge in [0.25, 0.3) is 5.91 Å². The van der Waals surface area contributed by atoms with E-state index in [-0.39, 0.29) is 11.9 Å². The molecule has 0 aromatic heterocycles. The second-order valence-electron chi connectivity index (χ2n) is 4.48. The maximum absolute atomic E-state index is 13.1. The van der Waals surface area contributed by atoms with E-state index in [0.717, 1.165) is 11.3 Å². The summed E-state index contributed by atoms with van der Waals surface area (Å²) in [4.78, 5) is 12.0. The van der Waals surface area contributed by atoms with Gasteiger partial charge >= 0.3 is 0 Å². The van der Waals surface area contributed by atoms with Crippen LogP contribution < -0.4 is 10.1 Å². The molecule has 0 aliphatic carbocycles. The molecule has 2 rings (SSSR count). The van der Waals surface area contributed by atoms with E-state index in [1.165, 1.54) is 18.2 Å². The van der Waals surface area contributed by atoms with Gasteiger partial charge in [0, 0.05) is 5.56 Å². The highest BCUT2D eigenvalue weighted by Gasteiger charge is 2.11. The van der Waals surface area contributed by atoms with E-state index in [0.29, 0.717) is 5.56 Å². The van der Waals surface area contributed by atoms with Gasteiger partial charge in [-0.05, 0) is 42.8 Å². The van der Waals surface area contributed by atoms with Gasteiger partial charge in [-0.1, -0.05) is 18.2 Å². The van der Waals surface area contributed by atoms with Gasteiger partial charge < -0.3 is 10.1 Å². The molecule has 104 valence electrons. The van der Waals surface area contributed by atoms with Crippen molar-refractivity contribution in [2.45, 2.75) is 13.0 Å². The standard InChI is InChI=1S/C16H16FNO2/c1-11(12-6-8-15(20-2)9-7-12)18-16(19)13-4-3-5-14(17)10-13/h3-11H,1-2H3,(H,18,19)/t11-/m1/s1. The Balaban J connectivity index is 2.06. The molecule has 0 heterocycles. The normalized spacial score (nSPS) is 11.8. The summed E-state index contributed by atoms with van der Waals surface area (Å²) >= 11 is 0. The maximum Gasteiger partial charge on any atom is 0.251 e. The third kappa shape index (κ3) is 3.35. The van der Waals surface area contributed by atoms with Gasteiger partial charge in [-0.2, -0.15) is 0 Å². The fourth-order valence-electron chi connectivity index (χ4n) is 1.89. The summed E-state index contributed by atoms with van der Waals surface area (Å²) in [7, 11) is 1.60. The van der Waals surface area contributed by atoms with Gasteiger partial charge in [0.15, 0.2) is 0 Å². The van der Waals surface area contributed by atoms with Crippen molar-refractivity contribution in [2.24, 2.45) is 0 Å². The monoisotopic (exact) mass is 273 g/mol. The zero-order valence-corrected chi connectivity index (χ0v) is 11.4. The largest absolute Gasteiger partial charge is 0.497 e. The fraction of sp³-hybridized carbons (Fsp3) is 0.188. The van der Waals surface area contributed by atoms with Crippen LogP contribution in [0.1, 0.15) is 28.9 Å². The van der Waals surface area contributed by atoms with Crippen LogP contribution in [0.5, 0.6) is 5.75 Å². The molecule has 3 nitrogen and oxygen atoms in total. The average Bonchev–Trinajstić information content (AvgIpc) is 2.47. The molecule has 1 amide bonds. The minimum Gasteiger partial charge on any atom is -0.497 e. The Bertz CT molecular complexity index is 596. The number of amides is 1. The Morgan fingerprint density at radius 2 is 1.90 bits per heavy atom. The lowest BCUT2D eigenvalue weighted by molar-refractivity contribution is 0.0939. The molecule has 0 saturated carbocycles. The number of benzene rings is 2. The fourth-order valence-corrected chi connectivity index (χ4v) is 1.89. The van der Waals surface area contributed by atoms with Gasteiger partial charge in [-0.3, -0.25) is 4.79 Å². The quantitative estimate of drug-likeness (QED) is 0.928. The molecular weight excluding hydrogens is 257 g/mol. The van der Waals surface area contributed by atoms with Crippen LogP contribution in [-0.2, 0) is 0 Å². The number of carbonyl (C=O) groups excluding carboxylic acids is 1. The number of carbonyl (C=O) groups is 1. The molecule has 0 bridgehead atoms.